The fourth-order valence-electron chi connectivity index (χ4n) is 5.85. The normalized spacial score (nSPS) is 19.9. The van der Waals surface area contributed by atoms with E-state index in [4.69, 9.17) is 17.2 Å². The number of aliphatic imine (C=N–C) groups is 1. The first-order valence-electron chi connectivity index (χ1n) is 14.7. The topological polar surface area (TPSA) is 242 Å². The average molecular weight is 612 g/mol. The Morgan fingerprint density at radius 2 is 1.80 bits per heavy atom. The average Bonchev–Trinajstić information content (AvgIpc) is 3.61. The molecular weight excluding hydrogens is 570 g/mol. The van der Waals surface area contributed by atoms with Gasteiger partial charge in [0.2, 0.25) is 23.6 Å². The molecule has 1 unspecified atom stereocenters. The summed E-state index contributed by atoms with van der Waals surface area (Å²) in [6.45, 7) is 3.58. The molecule has 0 radical (unpaired) electrons. The van der Waals surface area contributed by atoms with Crippen molar-refractivity contribution in [1.82, 2.24) is 25.4 Å². The maximum atomic E-state index is 13.6. The molecule has 3 heterocycles. The Hall–Kier alpha value is -4.66. The van der Waals surface area contributed by atoms with E-state index in [2.05, 4.69) is 20.6 Å². The van der Waals surface area contributed by atoms with Crippen LogP contribution in [0.25, 0.3) is 10.9 Å². The second kappa shape index (κ2) is 13.8. The quantitative estimate of drug-likeness (QED) is 0.0924. The summed E-state index contributed by atoms with van der Waals surface area (Å²) in [5, 5.41) is 16.3. The monoisotopic (exact) mass is 611 g/mol. The molecule has 4 rings (SSSR count). The number of fused-ring (bicyclic) bond motifs is 3. The van der Waals surface area contributed by atoms with Crippen molar-refractivity contribution in [2.45, 2.75) is 82.7 Å². The highest BCUT2D eigenvalue weighted by Crippen LogP contribution is 2.31. The third-order valence-electron chi connectivity index (χ3n) is 8.11. The lowest BCUT2D eigenvalue weighted by atomic mass is 9.96. The number of guanidine groups is 1. The molecule has 2 aromatic rings. The number of aromatic nitrogens is 1. The Bertz CT molecular complexity index is 1450. The summed E-state index contributed by atoms with van der Waals surface area (Å²) in [5.41, 5.74) is 18.9. The maximum absolute atomic E-state index is 13.6. The lowest BCUT2D eigenvalue weighted by molar-refractivity contribution is -0.152. The van der Waals surface area contributed by atoms with Gasteiger partial charge in [0.25, 0.3) is 0 Å². The van der Waals surface area contributed by atoms with Crippen molar-refractivity contribution in [3.05, 3.63) is 35.5 Å². The van der Waals surface area contributed by atoms with Crippen LogP contribution in [0, 0.1) is 0 Å². The van der Waals surface area contributed by atoms with Gasteiger partial charge in [0.1, 0.15) is 24.2 Å². The number of amides is 4. The predicted octanol–water partition coefficient (Wildman–Crippen LogP) is -1.11. The largest absolute Gasteiger partial charge is 0.480 e. The standard InChI is InChI=1S/C29H41N9O6/c1-15(30)24(39)36-20(9-5-11-33-29(31)32)27(42)37-12-6-10-22(37)25(40)34-16(2)26(41)38-14-21-18(13-23(38)28(43)44)17-7-3-4-8-19(17)35-21/h3-4,7-8,15-16,20,22-23,35H,5-6,9-14,30H2,1-2H3,(H,34,40)(H,36,39)(H,43,44)(H4,31,32,33)/t15-,16-,20-,22-,23?/m0/s1. The number of carboxylic acids is 1. The molecule has 2 aliphatic heterocycles. The molecular formula is C29H41N9O6. The smallest absolute Gasteiger partial charge is 0.326 e. The minimum absolute atomic E-state index is 0.0505. The third-order valence-corrected chi connectivity index (χ3v) is 8.11. The summed E-state index contributed by atoms with van der Waals surface area (Å²) in [6, 6.07) is 2.72. The van der Waals surface area contributed by atoms with Gasteiger partial charge in [0.15, 0.2) is 5.96 Å². The zero-order valence-corrected chi connectivity index (χ0v) is 24.9. The van der Waals surface area contributed by atoms with Crippen molar-refractivity contribution < 1.29 is 29.1 Å². The van der Waals surface area contributed by atoms with Gasteiger partial charge in [0, 0.05) is 36.1 Å². The maximum Gasteiger partial charge on any atom is 0.326 e. The second-order valence-electron chi connectivity index (χ2n) is 11.4. The number of carboxylic acid groups (broad SMARTS) is 1. The molecule has 238 valence electrons. The zero-order chi connectivity index (χ0) is 32.1. The number of carbonyl (C=O) groups is 5. The summed E-state index contributed by atoms with van der Waals surface area (Å²) in [7, 11) is 0. The van der Waals surface area contributed by atoms with Crippen molar-refractivity contribution >= 4 is 46.5 Å². The SMILES string of the molecule is C[C@H](N)C(=O)N[C@@H](CCCN=C(N)N)C(=O)N1CCC[C@H]1C(=O)N[C@@H](C)C(=O)N1Cc2[nH]c3ccccc3c2CC1C(=O)O. The Kier molecular flexibility index (Phi) is 10.1. The number of carbonyl (C=O) groups excluding carboxylic acids is 4. The van der Waals surface area contributed by atoms with E-state index in [0.29, 0.717) is 19.3 Å². The zero-order valence-electron chi connectivity index (χ0n) is 24.9. The van der Waals surface area contributed by atoms with Crippen LogP contribution in [0.4, 0.5) is 0 Å². The molecule has 0 spiro atoms. The number of hydrogen-bond acceptors (Lipinski definition) is 7. The van der Waals surface area contributed by atoms with Gasteiger partial charge in [-0.1, -0.05) is 18.2 Å². The molecule has 2 aliphatic rings. The van der Waals surface area contributed by atoms with Crippen LogP contribution < -0.4 is 27.8 Å². The van der Waals surface area contributed by atoms with E-state index < -0.39 is 59.8 Å². The molecule has 0 aliphatic carbocycles. The van der Waals surface area contributed by atoms with E-state index in [1.54, 1.807) is 0 Å². The Labute approximate surface area is 254 Å². The summed E-state index contributed by atoms with van der Waals surface area (Å²) in [4.78, 5) is 75.0. The van der Waals surface area contributed by atoms with Gasteiger partial charge < -0.3 is 47.7 Å². The van der Waals surface area contributed by atoms with E-state index in [1.807, 2.05) is 24.3 Å². The molecule has 10 N–H and O–H groups in total. The van der Waals surface area contributed by atoms with E-state index >= 15 is 0 Å². The van der Waals surface area contributed by atoms with Gasteiger partial charge in [-0.15, -0.1) is 0 Å². The number of rotatable bonds is 11. The number of aliphatic carboxylic acids is 1. The van der Waals surface area contributed by atoms with Crippen LogP contribution in [0.3, 0.4) is 0 Å². The van der Waals surface area contributed by atoms with Crippen LogP contribution in [-0.2, 0) is 36.9 Å². The van der Waals surface area contributed by atoms with E-state index in [1.165, 1.54) is 23.6 Å². The lowest BCUT2D eigenvalue weighted by Gasteiger charge is -2.35. The van der Waals surface area contributed by atoms with E-state index in [-0.39, 0.29) is 38.4 Å². The molecule has 15 heteroatoms. The molecule has 4 amide bonds. The van der Waals surface area contributed by atoms with Crippen molar-refractivity contribution in [1.29, 1.82) is 0 Å². The van der Waals surface area contributed by atoms with Crippen LogP contribution >= 0.6 is 0 Å². The Morgan fingerprint density at radius 3 is 2.48 bits per heavy atom. The number of hydrogen-bond donors (Lipinski definition) is 7. The molecule has 5 atom stereocenters. The van der Waals surface area contributed by atoms with Crippen molar-refractivity contribution in [3.63, 3.8) is 0 Å². The number of nitrogens with zero attached hydrogens (tertiary/aromatic N) is 3. The minimum atomic E-state index is -1.14. The molecule has 1 aromatic heterocycles. The van der Waals surface area contributed by atoms with Crippen LogP contribution in [-0.4, -0.2) is 98.7 Å². The number of likely N-dealkylation sites (tertiary alicyclic amines) is 1. The van der Waals surface area contributed by atoms with E-state index in [0.717, 1.165) is 22.2 Å². The number of aromatic amines is 1. The molecule has 44 heavy (non-hydrogen) atoms. The highest BCUT2D eigenvalue weighted by Gasteiger charge is 2.41. The first-order valence-corrected chi connectivity index (χ1v) is 14.7. The molecule has 1 saturated heterocycles. The molecule has 0 saturated carbocycles. The van der Waals surface area contributed by atoms with Crippen LogP contribution in [0.15, 0.2) is 29.3 Å². The minimum Gasteiger partial charge on any atom is -0.480 e. The second-order valence-corrected chi connectivity index (χ2v) is 11.4. The fraction of sp³-hybridized carbons (Fsp3) is 0.517. The van der Waals surface area contributed by atoms with Gasteiger partial charge in [-0.2, -0.15) is 0 Å². The van der Waals surface area contributed by atoms with Crippen molar-refractivity contribution in [2.24, 2.45) is 22.2 Å². The fourth-order valence-corrected chi connectivity index (χ4v) is 5.85. The van der Waals surface area contributed by atoms with Crippen LogP contribution in [0.2, 0.25) is 0 Å². The summed E-state index contributed by atoms with van der Waals surface area (Å²) >= 11 is 0. The predicted molar refractivity (Wildman–Crippen MR) is 162 cm³/mol. The summed E-state index contributed by atoms with van der Waals surface area (Å²) in [6.07, 6.45) is 1.64. The first-order chi connectivity index (χ1) is 20.9. The van der Waals surface area contributed by atoms with Crippen molar-refractivity contribution in [2.75, 3.05) is 13.1 Å². The number of nitrogens with two attached hydrogens (primary N) is 3. The lowest BCUT2D eigenvalue weighted by Crippen LogP contribution is -2.58. The summed E-state index contributed by atoms with van der Waals surface area (Å²) in [5.74, 6) is -3.28. The molecule has 0 bridgehead atoms. The first kappa shape index (κ1) is 32.3. The van der Waals surface area contributed by atoms with Gasteiger partial charge in [0.05, 0.1) is 12.6 Å². The number of H-pyrrole nitrogens is 1. The summed E-state index contributed by atoms with van der Waals surface area (Å²) < 4.78 is 0. The highest BCUT2D eigenvalue weighted by molar-refractivity contribution is 5.96. The number of nitrogens with one attached hydrogen (secondary N) is 3. The van der Waals surface area contributed by atoms with Crippen LogP contribution in [0.1, 0.15) is 50.8 Å². The Balaban J connectivity index is 1.45. The number of benzene rings is 1. The Morgan fingerprint density at radius 1 is 1.07 bits per heavy atom. The van der Waals surface area contributed by atoms with Gasteiger partial charge in [-0.05, 0) is 51.2 Å². The number of para-hydroxylation sites is 1. The van der Waals surface area contributed by atoms with E-state index in [9.17, 15) is 29.1 Å². The van der Waals surface area contributed by atoms with Gasteiger partial charge in [-0.25, -0.2) is 4.79 Å². The molecule has 1 fully saturated rings. The molecule has 15 nitrogen and oxygen atoms in total. The van der Waals surface area contributed by atoms with Gasteiger partial charge >= 0.3 is 5.97 Å². The highest BCUT2D eigenvalue weighted by atomic mass is 16.4. The van der Waals surface area contributed by atoms with Gasteiger partial charge in [-0.3, -0.25) is 24.2 Å². The van der Waals surface area contributed by atoms with Crippen molar-refractivity contribution in [3.8, 4) is 0 Å². The van der Waals surface area contributed by atoms with Crippen LogP contribution in [0.5, 0.6) is 0 Å². The molecule has 1 aromatic carbocycles. The third kappa shape index (κ3) is 7.10.